The molecule has 0 radical (unpaired) electrons. The molecule has 1 amide bonds. The topological polar surface area (TPSA) is 72.7 Å². The third kappa shape index (κ3) is 4.48. The number of hydrogen-bond donors (Lipinski definition) is 0. The van der Waals surface area contributed by atoms with Gasteiger partial charge in [0.25, 0.3) is 5.69 Å². The Kier molecular flexibility index (Phi) is 5.98. The molecule has 0 aliphatic heterocycles. The minimum absolute atomic E-state index is 0.00158. The highest BCUT2D eigenvalue weighted by Gasteiger charge is 2.20. The van der Waals surface area contributed by atoms with Gasteiger partial charge in [-0.1, -0.05) is 23.7 Å². The normalized spacial score (nSPS) is 11.7. The van der Waals surface area contributed by atoms with Gasteiger partial charge in [-0.05, 0) is 30.7 Å². The summed E-state index contributed by atoms with van der Waals surface area (Å²) in [6.07, 6.45) is 0.125. The number of carbonyl (C=O) groups is 1. The lowest BCUT2D eigenvalue weighted by Gasteiger charge is -2.25. The number of nitro benzene ring substituents is 1. The zero-order valence-electron chi connectivity index (χ0n) is 14.2. The van der Waals surface area contributed by atoms with Crippen LogP contribution in [0.1, 0.15) is 24.1 Å². The van der Waals surface area contributed by atoms with Crippen molar-refractivity contribution in [1.82, 2.24) is 4.90 Å². The second-order valence-corrected chi connectivity index (χ2v) is 6.10. The summed E-state index contributed by atoms with van der Waals surface area (Å²) in [5, 5.41) is 11.4. The van der Waals surface area contributed by atoms with E-state index < -0.39 is 4.92 Å². The molecule has 0 spiro atoms. The predicted octanol–water partition coefficient (Wildman–Crippen LogP) is 4.02. The number of nitro groups is 1. The molecule has 0 saturated heterocycles. The molecule has 2 aromatic rings. The van der Waals surface area contributed by atoms with Crippen molar-refractivity contribution in [3.8, 4) is 5.75 Å². The van der Waals surface area contributed by atoms with Gasteiger partial charge in [0.1, 0.15) is 5.75 Å². The molecule has 0 unspecified atom stereocenters. The molecular formula is C18H19ClN2O4. The van der Waals surface area contributed by atoms with E-state index >= 15 is 0 Å². The Balaban J connectivity index is 2.18. The van der Waals surface area contributed by atoms with Crippen molar-refractivity contribution in [3.63, 3.8) is 0 Å². The van der Waals surface area contributed by atoms with Crippen LogP contribution in [0.25, 0.3) is 0 Å². The Morgan fingerprint density at radius 1 is 1.32 bits per heavy atom. The molecule has 0 saturated carbocycles. The number of rotatable bonds is 6. The molecule has 6 nitrogen and oxygen atoms in total. The Morgan fingerprint density at radius 3 is 2.68 bits per heavy atom. The lowest BCUT2D eigenvalue weighted by atomic mass is 10.0. The Morgan fingerprint density at radius 2 is 2.04 bits per heavy atom. The van der Waals surface area contributed by atoms with E-state index in [2.05, 4.69) is 0 Å². The first kappa shape index (κ1) is 18.7. The molecule has 2 aromatic carbocycles. The summed E-state index contributed by atoms with van der Waals surface area (Å²) in [6, 6.07) is 11.1. The van der Waals surface area contributed by atoms with Crippen molar-refractivity contribution >= 4 is 23.2 Å². The van der Waals surface area contributed by atoms with E-state index in [0.29, 0.717) is 21.9 Å². The highest BCUT2D eigenvalue weighted by molar-refractivity contribution is 6.30. The predicted molar refractivity (Wildman–Crippen MR) is 96.0 cm³/mol. The minimum Gasteiger partial charge on any atom is -0.496 e. The van der Waals surface area contributed by atoms with Crippen LogP contribution in [0.2, 0.25) is 5.02 Å². The molecule has 0 aromatic heterocycles. The molecule has 0 fully saturated rings. The number of nitrogens with zero attached hydrogens (tertiary/aromatic N) is 2. The van der Waals surface area contributed by atoms with Gasteiger partial charge in [0.05, 0.1) is 24.5 Å². The number of hydrogen-bond acceptors (Lipinski definition) is 4. The van der Waals surface area contributed by atoms with E-state index in [9.17, 15) is 14.9 Å². The summed E-state index contributed by atoms with van der Waals surface area (Å²) in [5.74, 6) is 0.453. The quantitative estimate of drug-likeness (QED) is 0.574. The first-order valence-electron chi connectivity index (χ1n) is 7.66. The first-order chi connectivity index (χ1) is 11.8. The van der Waals surface area contributed by atoms with Crippen molar-refractivity contribution in [1.29, 1.82) is 0 Å². The number of halogens is 1. The van der Waals surface area contributed by atoms with Crippen LogP contribution in [0.4, 0.5) is 5.69 Å². The summed E-state index contributed by atoms with van der Waals surface area (Å²) in [6.45, 7) is 1.83. The number of benzene rings is 2. The monoisotopic (exact) mass is 362 g/mol. The van der Waals surface area contributed by atoms with Crippen LogP contribution in [0.15, 0.2) is 42.5 Å². The van der Waals surface area contributed by atoms with Gasteiger partial charge in [0.15, 0.2) is 0 Å². The van der Waals surface area contributed by atoms with Crippen molar-refractivity contribution in [3.05, 3.63) is 68.7 Å². The van der Waals surface area contributed by atoms with E-state index in [1.807, 2.05) is 6.92 Å². The summed E-state index contributed by atoms with van der Waals surface area (Å²) in [4.78, 5) is 24.6. The average Bonchev–Trinajstić information content (AvgIpc) is 2.60. The van der Waals surface area contributed by atoms with E-state index in [1.54, 1.807) is 42.3 Å². The third-order valence-corrected chi connectivity index (χ3v) is 4.36. The van der Waals surface area contributed by atoms with Gasteiger partial charge >= 0.3 is 0 Å². The van der Waals surface area contributed by atoms with Gasteiger partial charge < -0.3 is 9.64 Å². The smallest absolute Gasteiger partial charge is 0.269 e. The van der Waals surface area contributed by atoms with Crippen LogP contribution in [-0.4, -0.2) is 29.9 Å². The fraction of sp³-hybridized carbons (Fsp3) is 0.278. The number of ether oxygens (including phenoxy) is 1. The molecule has 0 bridgehead atoms. The maximum Gasteiger partial charge on any atom is 0.269 e. The molecule has 0 heterocycles. The first-order valence-corrected chi connectivity index (χ1v) is 8.03. The van der Waals surface area contributed by atoms with Crippen molar-refractivity contribution in [2.45, 2.75) is 19.4 Å². The standard InChI is InChI=1S/C18H19ClN2O4/c1-12(13-5-4-6-16(10-13)21(23)24)20(2)18(22)11-14-9-15(19)7-8-17(14)25-3/h4-10,12H,11H2,1-3H3/t12-/m0/s1. The van der Waals surface area contributed by atoms with E-state index in [-0.39, 0.29) is 24.1 Å². The third-order valence-electron chi connectivity index (χ3n) is 4.12. The van der Waals surface area contributed by atoms with Gasteiger partial charge in [-0.3, -0.25) is 14.9 Å². The van der Waals surface area contributed by atoms with Gasteiger partial charge in [0.2, 0.25) is 5.91 Å². The van der Waals surface area contributed by atoms with Gasteiger partial charge in [-0.15, -0.1) is 0 Å². The lowest BCUT2D eigenvalue weighted by Crippen LogP contribution is -2.31. The fourth-order valence-corrected chi connectivity index (χ4v) is 2.71. The van der Waals surface area contributed by atoms with Crippen LogP contribution in [-0.2, 0) is 11.2 Å². The van der Waals surface area contributed by atoms with Crippen LogP contribution in [0, 0.1) is 10.1 Å². The SMILES string of the molecule is COc1ccc(Cl)cc1CC(=O)N(C)[C@@H](C)c1cccc([N+](=O)[O-])c1. The largest absolute Gasteiger partial charge is 0.496 e. The number of carbonyl (C=O) groups excluding carboxylic acids is 1. The maximum atomic E-state index is 12.6. The van der Waals surface area contributed by atoms with Gasteiger partial charge in [-0.25, -0.2) is 0 Å². The number of non-ortho nitro benzene ring substituents is 1. The molecule has 132 valence electrons. The highest BCUT2D eigenvalue weighted by atomic mass is 35.5. The van der Waals surface area contributed by atoms with Gasteiger partial charge in [0, 0.05) is 29.8 Å². The van der Waals surface area contributed by atoms with E-state index in [0.717, 1.165) is 0 Å². The zero-order valence-corrected chi connectivity index (χ0v) is 15.0. The fourth-order valence-electron chi connectivity index (χ4n) is 2.51. The number of methoxy groups -OCH3 is 1. The van der Waals surface area contributed by atoms with Crippen molar-refractivity contribution in [2.24, 2.45) is 0 Å². The van der Waals surface area contributed by atoms with Crippen molar-refractivity contribution in [2.75, 3.05) is 14.2 Å². The van der Waals surface area contributed by atoms with E-state index in [4.69, 9.17) is 16.3 Å². The summed E-state index contributed by atoms with van der Waals surface area (Å²) in [5.41, 5.74) is 1.39. The van der Waals surface area contributed by atoms with E-state index in [1.165, 1.54) is 19.2 Å². The van der Waals surface area contributed by atoms with Crippen LogP contribution in [0.3, 0.4) is 0 Å². The zero-order chi connectivity index (χ0) is 18.6. The molecule has 0 aliphatic rings. The number of amides is 1. The molecule has 0 aliphatic carbocycles. The number of likely N-dealkylation sites (N-methyl/N-ethyl adjacent to an activating group) is 1. The lowest BCUT2D eigenvalue weighted by molar-refractivity contribution is -0.384. The van der Waals surface area contributed by atoms with Crippen LogP contribution >= 0.6 is 11.6 Å². The maximum absolute atomic E-state index is 12.6. The summed E-state index contributed by atoms with van der Waals surface area (Å²) < 4.78 is 5.26. The Hall–Kier alpha value is -2.60. The highest BCUT2D eigenvalue weighted by Crippen LogP contribution is 2.26. The second-order valence-electron chi connectivity index (χ2n) is 5.67. The van der Waals surface area contributed by atoms with Crippen LogP contribution in [0.5, 0.6) is 5.75 Å². The Labute approximate surface area is 151 Å². The molecule has 1 atom stereocenters. The molecule has 25 heavy (non-hydrogen) atoms. The van der Waals surface area contributed by atoms with Gasteiger partial charge in [-0.2, -0.15) is 0 Å². The molecule has 2 rings (SSSR count). The second kappa shape index (κ2) is 7.98. The van der Waals surface area contributed by atoms with Crippen LogP contribution < -0.4 is 4.74 Å². The molecule has 7 heteroatoms. The Bertz CT molecular complexity index is 794. The molecule has 0 N–H and O–H groups in total. The minimum atomic E-state index is -0.450. The molecular weight excluding hydrogens is 344 g/mol. The summed E-state index contributed by atoms with van der Waals surface area (Å²) in [7, 11) is 3.20. The average molecular weight is 363 g/mol. The van der Waals surface area contributed by atoms with Crippen molar-refractivity contribution < 1.29 is 14.5 Å². The summed E-state index contributed by atoms with van der Waals surface area (Å²) >= 11 is 6.00.